The average molecular weight is 282 g/mol. The van der Waals surface area contributed by atoms with Crippen molar-refractivity contribution in [1.29, 1.82) is 0 Å². The maximum Gasteiger partial charge on any atom is 0.269 e. The highest BCUT2D eigenvalue weighted by Crippen LogP contribution is 2.24. The molecule has 0 aliphatic carbocycles. The first kappa shape index (κ1) is 16.6. The summed E-state index contributed by atoms with van der Waals surface area (Å²) in [6.07, 6.45) is 1.26. The molecule has 1 rings (SSSR count). The molecule has 1 unspecified atom stereocenters. The van der Waals surface area contributed by atoms with Crippen LogP contribution in [0.3, 0.4) is 0 Å². The van der Waals surface area contributed by atoms with Crippen LogP contribution in [0.2, 0.25) is 0 Å². The van der Waals surface area contributed by atoms with Crippen LogP contribution in [0, 0.1) is 10.1 Å². The number of hydrogen-bond donors (Lipinski definition) is 3. The van der Waals surface area contributed by atoms with Gasteiger partial charge < -0.3 is 15.5 Å². The number of nitrogens with zero attached hydrogens (tertiary/aromatic N) is 1. The fourth-order valence-corrected chi connectivity index (χ4v) is 2.11. The largest absolute Gasteiger partial charge is 0.394 e. The van der Waals surface area contributed by atoms with E-state index in [0.717, 1.165) is 5.56 Å². The molecule has 0 aliphatic rings. The Morgan fingerprint density at radius 2 is 2.00 bits per heavy atom. The van der Waals surface area contributed by atoms with Crippen LogP contribution >= 0.6 is 0 Å². The van der Waals surface area contributed by atoms with E-state index in [9.17, 15) is 20.3 Å². The van der Waals surface area contributed by atoms with E-state index in [-0.39, 0.29) is 24.9 Å². The van der Waals surface area contributed by atoms with E-state index in [2.05, 4.69) is 5.32 Å². The minimum Gasteiger partial charge on any atom is -0.394 e. The normalized spacial score (nSPS) is 13.2. The van der Waals surface area contributed by atoms with E-state index in [1.165, 1.54) is 12.1 Å². The lowest BCUT2D eigenvalue weighted by atomic mass is 9.94. The van der Waals surface area contributed by atoms with Crippen molar-refractivity contribution in [2.45, 2.75) is 38.3 Å². The Labute approximate surface area is 118 Å². The molecule has 0 bridgehead atoms. The summed E-state index contributed by atoms with van der Waals surface area (Å²) in [6, 6.07) is 6.26. The summed E-state index contributed by atoms with van der Waals surface area (Å²) in [7, 11) is 0. The highest BCUT2D eigenvalue weighted by molar-refractivity contribution is 5.36. The number of nitrogens with one attached hydrogen (secondary N) is 1. The Hall–Kier alpha value is -1.50. The maximum absolute atomic E-state index is 10.8. The van der Waals surface area contributed by atoms with Crippen LogP contribution in [-0.2, 0) is 0 Å². The lowest BCUT2D eigenvalue weighted by Crippen LogP contribution is -2.52. The van der Waals surface area contributed by atoms with Gasteiger partial charge in [-0.15, -0.1) is 0 Å². The zero-order valence-electron chi connectivity index (χ0n) is 11.9. The van der Waals surface area contributed by atoms with Gasteiger partial charge in [0.25, 0.3) is 5.69 Å². The smallest absolute Gasteiger partial charge is 0.269 e. The van der Waals surface area contributed by atoms with Crippen LogP contribution in [0.4, 0.5) is 5.69 Å². The Balaban J connectivity index is 3.01. The molecule has 1 atom stereocenters. The quantitative estimate of drug-likeness (QED) is 0.499. The third-order valence-corrected chi connectivity index (χ3v) is 3.65. The number of nitro benzene ring substituents is 1. The van der Waals surface area contributed by atoms with E-state index < -0.39 is 10.5 Å². The fourth-order valence-electron chi connectivity index (χ4n) is 2.11. The van der Waals surface area contributed by atoms with Crippen molar-refractivity contribution >= 4 is 5.69 Å². The molecule has 20 heavy (non-hydrogen) atoms. The molecule has 112 valence electrons. The van der Waals surface area contributed by atoms with Gasteiger partial charge in [0.2, 0.25) is 0 Å². The van der Waals surface area contributed by atoms with E-state index >= 15 is 0 Å². The predicted molar refractivity (Wildman–Crippen MR) is 76.5 cm³/mol. The zero-order chi connectivity index (χ0) is 15.2. The van der Waals surface area contributed by atoms with Crippen molar-refractivity contribution in [2.75, 3.05) is 13.2 Å². The molecule has 6 heteroatoms. The van der Waals surface area contributed by atoms with Gasteiger partial charge in [-0.25, -0.2) is 0 Å². The van der Waals surface area contributed by atoms with E-state index in [1.807, 2.05) is 19.9 Å². The number of rotatable bonds is 8. The van der Waals surface area contributed by atoms with Gasteiger partial charge in [0.1, 0.15) is 0 Å². The van der Waals surface area contributed by atoms with Crippen molar-refractivity contribution in [2.24, 2.45) is 0 Å². The van der Waals surface area contributed by atoms with Crippen molar-refractivity contribution in [3.05, 3.63) is 39.9 Å². The third kappa shape index (κ3) is 3.75. The molecule has 0 aromatic heterocycles. The molecule has 1 aromatic rings. The summed E-state index contributed by atoms with van der Waals surface area (Å²) < 4.78 is 0. The fraction of sp³-hybridized carbons (Fsp3) is 0.571. The first-order valence-electron chi connectivity index (χ1n) is 6.75. The summed E-state index contributed by atoms with van der Waals surface area (Å²) in [6.45, 7) is 3.45. The summed E-state index contributed by atoms with van der Waals surface area (Å²) in [4.78, 5) is 10.4. The summed E-state index contributed by atoms with van der Waals surface area (Å²) in [5.74, 6) is 0. The standard InChI is InChI=1S/C14H22N2O4/c1-3-13(15-14(4-2,9-17)10-18)11-6-5-7-12(8-11)16(19)20/h5-8,13,15,17-18H,3-4,9-10H2,1-2H3. The minimum atomic E-state index is -0.773. The number of nitro groups is 1. The van der Waals surface area contributed by atoms with Gasteiger partial charge in [-0.3, -0.25) is 10.1 Å². The molecule has 3 N–H and O–H groups in total. The average Bonchev–Trinajstić information content (AvgIpc) is 2.49. The molecular formula is C14H22N2O4. The van der Waals surface area contributed by atoms with Crippen molar-refractivity contribution in [3.8, 4) is 0 Å². The number of non-ortho nitro benzene ring substituents is 1. The van der Waals surface area contributed by atoms with Crippen LogP contribution < -0.4 is 5.32 Å². The topological polar surface area (TPSA) is 95.6 Å². The molecule has 0 saturated heterocycles. The Morgan fingerprint density at radius 3 is 2.45 bits per heavy atom. The van der Waals surface area contributed by atoms with Gasteiger partial charge in [-0.1, -0.05) is 26.0 Å². The van der Waals surface area contributed by atoms with Gasteiger partial charge in [0.15, 0.2) is 0 Å². The van der Waals surface area contributed by atoms with Crippen LogP contribution in [0.5, 0.6) is 0 Å². The first-order chi connectivity index (χ1) is 9.51. The van der Waals surface area contributed by atoms with E-state index in [4.69, 9.17) is 0 Å². The van der Waals surface area contributed by atoms with Crippen LogP contribution in [-0.4, -0.2) is 33.9 Å². The van der Waals surface area contributed by atoms with E-state index in [1.54, 1.807) is 6.07 Å². The Kier molecular flexibility index (Phi) is 6.06. The van der Waals surface area contributed by atoms with Gasteiger partial charge in [-0.05, 0) is 18.4 Å². The third-order valence-electron chi connectivity index (χ3n) is 3.65. The van der Waals surface area contributed by atoms with Crippen LogP contribution in [0.15, 0.2) is 24.3 Å². The molecular weight excluding hydrogens is 260 g/mol. The number of hydrogen-bond acceptors (Lipinski definition) is 5. The summed E-state index contributed by atoms with van der Waals surface area (Å²) in [5, 5.41) is 33.0. The highest BCUT2D eigenvalue weighted by atomic mass is 16.6. The number of aliphatic hydroxyl groups is 2. The monoisotopic (exact) mass is 282 g/mol. The second-order valence-corrected chi connectivity index (χ2v) is 4.91. The predicted octanol–water partition coefficient (Wildman–Crippen LogP) is 1.77. The van der Waals surface area contributed by atoms with Gasteiger partial charge in [0.05, 0.1) is 23.7 Å². The van der Waals surface area contributed by atoms with Crippen LogP contribution in [0.25, 0.3) is 0 Å². The molecule has 0 saturated carbocycles. The minimum absolute atomic E-state index is 0.0397. The maximum atomic E-state index is 10.8. The molecule has 0 spiro atoms. The van der Waals surface area contributed by atoms with Crippen molar-refractivity contribution in [3.63, 3.8) is 0 Å². The SMILES string of the molecule is CCC(NC(CC)(CO)CO)c1cccc([N+](=O)[O-])c1. The van der Waals surface area contributed by atoms with E-state index in [0.29, 0.717) is 12.8 Å². The Morgan fingerprint density at radius 1 is 1.35 bits per heavy atom. The number of aliphatic hydroxyl groups excluding tert-OH is 2. The molecule has 0 heterocycles. The second-order valence-electron chi connectivity index (χ2n) is 4.91. The van der Waals surface area contributed by atoms with Gasteiger partial charge >= 0.3 is 0 Å². The Bertz CT molecular complexity index is 438. The molecule has 1 aromatic carbocycles. The highest BCUT2D eigenvalue weighted by Gasteiger charge is 2.29. The van der Waals surface area contributed by atoms with Gasteiger partial charge in [-0.2, -0.15) is 0 Å². The summed E-state index contributed by atoms with van der Waals surface area (Å²) >= 11 is 0. The molecule has 0 fully saturated rings. The lowest BCUT2D eigenvalue weighted by molar-refractivity contribution is -0.384. The molecule has 0 aliphatic heterocycles. The van der Waals surface area contributed by atoms with Crippen molar-refractivity contribution in [1.82, 2.24) is 5.32 Å². The lowest BCUT2D eigenvalue weighted by Gasteiger charge is -2.34. The number of benzene rings is 1. The zero-order valence-corrected chi connectivity index (χ0v) is 11.9. The molecule has 0 amide bonds. The summed E-state index contributed by atoms with van der Waals surface area (Å²) in [5.41, 5.74) is 0.0462. The molecule has 0 radical (unpaired) electrons. The molecule has 6 nitrogen and oxygen atoms in total. The van der Waals surface area contributed by atoms with Crippen molar-refractivity contribution < 1.29 is 15.1 Å². The second kappa shape index (κ2) is 7.33. The first-order valence-corrected chi connectivity index (χ1v) is 6.75. The van der Waals surface area contributed by atoms with Gasteiger partial charge in [0, 0.05) is 18.2 Å². The van der Waals surface area contributed by atoms with Crippen LogP contribution in [0.1, 0.15) is 38.3 Å².